The van der Waals surface area contributed by atoms with Gasteiger partial charge in [0.1, 0.15) is 5.82 Å². The summed E-state index contributed by atoms with van der Waals surface area (Å²) in [6.07, 6.45) is 2.17. The first-order valence-electron chi connectivity index (χ1n) is 6.52. The number of carboxylic acids is 1. The van der Waals surface area contributed by atoms with Gasteiger partial charge in [-0.3, -0.25) is 9.59 Å². The van der Waals surface area contributed by atoms with Gasteiger partial charge in [-0.25, -0.2) is 8.78 Å². The normalized spacial score (nSPS) is 16.7. The van der Waals surface area contributed by atoms with Crippen molar-refractivity contribution in [1.29, 1.82) is 0 Å². The predicted molar refractivity (Wildman–Crippen MR) is 75.8 cm³/mol. The van der Waals surface area contributed by atoms with Crippen LogP contribution in [-0.2, 0) is 9.59 Å². The molecule has 4 nitrogen and oxygen atoms in total. The number of anilines is 1. The molecule has 21 heavy (non-hydrogen) atoms. The Labute approximate surface area is 128 Å². The zero-order valence-corrected chi connectivity index (χ0v) is 12.7. The second-order valence-corrected chi connectivity index (χ2v) is 6.12. The molecule has 1 saturated carbocycles. The molecule has 1 aliphatic rings. The molecule has 0 aromatic heterocycles. The number of carbonyl (C=O) groups is 2. The lowest BCUT2D eigenvalue weighted by atomic mass is 9.82. The van der Waals surface area contributed by atoms with E-state index in [1.165, 1.54) is 0 Å². The van der Waals surface area contributed by atoms with Gasteiger partial charge >= 0.3 is 5.97 Å². The lowest BCUT2D eigenvalue weighted by Crippen LogP contribution is -2.33. The Kier molecular flexibility index (Phi) is 4.61. The van der Waals surface area contributed by atoms with Crippen molar-refractivity contribution in [1.82, 2.24) is 0 Å². The highest BCUT2D eigenvalue weighted by molar-refractivity contribution is 9.10. The molecule has 1 fully saturated rings. The maximum absolute atomic E-state index is 13.6. The number of benzene rings is 1. The van der Waals surface area contributed by atoms with Crippen LogP contribution in [0.5, 0.6) is 0 Å². The average Bonchev–Trinajstić information content (AvgIpc) is 2.83. The van der Waals surface area contributed by atoms with E-state index in [1.807, 2.05) is 0 Å². The van der Waals surface area contributed by atoms with Crippen LogP contribution in [0.25, 0.3) is 0 Å². The summed E-state index contributed by atoms with van der Waals surface area (Å²) in [6.45, 7) is 0. The Morgan fingerprint density at radius 1 is 1.29 bits per heavy atom. The van der Waals surface area contributed by atoms with Crippen molar-refractivity contribution in [2.45, 2.75) is 32.1 Å². The van der Waals surface area contributed by atoms with Gasteiger partial charge < -0.3 is 10.4 Å². The van der Waals surface area contributed by atoms with Crippen LogP contribution in [0.1, 0.15) is 32.1 Å². The summed E-state index contributed by atoms with van der Waals surface area (Å²) >= 11 is 2.97. The van der Waals surface area contributed by atoms with Gasteiger partial charge in [-0.05, 0) is 34.8 Å². The molecule has 0 saturated heterocycles. The minimum atomic E-state index is -1.08. The molecule has 1 amide bonds. The van der Waals surface area contributed by atoms with Crippen LogP contribution in [-0.4, -0.2) is 17.0 Å². The van der Waals surface area contributed by atoms with Crippen LogP contribution < -0.4 is 5.32 Å². The lowest BCUT2D eigenvalue weighted by Gasteiger charge is -2.23. The van der Waals surface area contributed by atoms with Crippen molar-refractivity contribution in [2.75, 3.05) is 5.32 Å². The monoisotopic (exact) mass is 361 g/mol. The van der Waals surface area contributed by atoms with E-state index in [4.69, 9.17) is 0 Å². The van der Waals surface area contributed by atoms with Crippen LogP contribution in [0.2, 0.25) is 0 Å². The Hall–Kier alpha value is -1.50. The standard InChI is InChI=1S/C14H14BrF2NO3/c15-9-5-8(16)6-10(17)12(9)18-11(19)7-14(13(20)21)3-1-2-4-14/h5-6H,1-4,7H2,(H,18,19)(H,20,21). The molecule has 0 bridgehead atoms. The van der Waals surface area contributed by atoms with Crippen molar-refractivity contribution in [3.8, 4) is 0 Å². The maximum atomic E-state index is 13.6. The van der Waals surface area contributed by atoms with Gasteiger partial charge in [-0.15, -0.1) is 0 Å². The third kappa shape index (κ3) is 3.40. The molecular formula is C14H14BrF2NO3. The number of amides is 1. The molecule has 114 valence electrons. The Morgan fingerprint density at radius 2 is 1.90 bits per heavy atom. The van der Waals surface area contributed by atoms with Gasteiger partial charge in [0.15, 0.2) is 5.82 Å². The third-order valence-electron chi connectivity index (χ3n) is 3.78. The average molecular weight is 362 g/mol. The number of carbonyl (C=O) groups excluding carboxylic acids is 1. The van der Waals surface area contributed by atoms with Crippen molar-refractivity contribution < 1.29 is 23.5 Å². The first-order valence-corrected chi connectivity index (χ1v) is 7.31. The first kappa shape index (κ1) is 15.9. The summed E-state index contributed by atoms with van der Waals surface area (Å²) < 4.78 is 26.7. The van der Waals surface area contributed by atoms with E-state index < -0.39 is 28.9 Å². The van der Waals surface area contributed by atoms with Gasteiger partial charge in [-0.1, -0.05) is 12.8 Å². The minimum absolute atomic E-state index is 0.0733. The number of rotatable bonds is 4. The third-order valence-corrected chi connectivity index (χ3v) is 4.41. The molecule has 0 heterocycles. The lowest BCUT2D eigenvalue weighted by molar-refractivity contribution is -0.150. The number of aliphatic carboxylic acids is 1. The zero-order chi connectivity index (χ0) is 15.6. The van der Waals surface area contributed by atoms with Gasteiger partial charge in [0.2, 0.25) is 5.91 Å². The van der Waals surface area contributed by atoms with Crippen LogP contribution in [0.15, 0.2) is 16.6 Å². The second kappa shape index (κ2) is 6.09. The quantitative estimate of drug-likeness (QED) is 0.858. The second-order valence-electron chi connectivity index (χ2n) is 5.26. The van der Waals surface area contributed by atoms with E-state index in [1.54, 1.807) is 0 Å². The SMILES string of the molecule is O=C(CC1(C(=O)O)CCCC1)Nc1c(F)cc(F)cc1Br. The molecule has 0 radical (unpaired) electrons. The largest absolute Gasteiger partial charge is 0.481 e. The fourth-order valence-electron chi connectivity index (χ4n) is 2.67. The fourth-order valence-corrected chi connectivity index (χ4v) is 3.18. The number of carboxylic acid groups (broad SMARTS) is 1. The summed E-state index contributed by atoms with van der Waals surface area (Å²) in [5.41, 5.74) is -1.26. The summed E-state index contributed by atoms with van der Waals surface area (Å²) in [5, 5.41) is 11.6. The van der Waals surface area contributed by atoms with Crippen molar-refractivity contribution >= 4 is 33.5 Å². The van der Waals surface area contributed by atoms with Gasteiger partial charge in [0, 0.05) is 17.0 Å². The first-order chi connectivity index (χ1) is 9.84. The summed E-state index contributed by atoms with van der Waals surface area (Å²) in [6, 6.07) is 1.68. The number of nitrogens with one attached hydrogen (secondary N) is 1. The summed E-state index contributed by atoms with van der Waals surface area (Å²) in [4.78, 5) is 23.4. The van der Waals surface area contributed by atoms with E-state index in [0.29, 0.717) is 18.9 Å². The smallest absolute Gasteiger partial charge is 0.310 e. The zero-order valence-electron chi connectivity index (χ0n) is 11.1. The number of hydrogen-bond acceptors (Lipinski definition) is 2. The van der Waals surface area contributed by atoms with Crippen LogP contribution >= 0.6 is 15.9 Å². The van der Waals surface area contributed by atoms with Gasteiger partial charge in [-0.2, -0.15) is 0 Å². The molecule has 1 aromatic carbocycles. The molecule has 1 aromatic rings. The molecule has 0 unspecified atom stereocenters. The number of halogens is 3. The minimum Gasteiger partial charge on any atom is -0.481 e. The maximum Gasteiger partial charge on any atom is 0.310 e. The highest BCUT2D eigenvalue weighted by Gasteiger charge is 2.43. The predicted octanol–water partition coefficient (Wildman–Crippen LogP) is 3.70. The van der Waals surface area contributed by atoms with E-state index >= 15 is 0 Å². The highest BCUT2D eigenvalue weighted by Crippen LogP contribution is 2.41. The summed E-state index contributed by atoms with van der Waals surface area (Å²) in [7, 11) is 0. The Bertz CT molecular complexity index is 563. The van der Waals surface area contributed by atoms with Gasteiger partial charge in [0.25, 0.3) is 0 Å². The topological polar surface area (TPSA) is 66.4 Å². The molecular weight excluding hydrogens is 348 g/mol. The van der Waals surface area contributed by atoms with Crippen molar-refractivity contribution in [3.63, 3.8) is 0 Å². The summed E-state index contributed by atoms with van der Waals surface area (Å²) in [5.74, 6) is -3.28. The van der Waals surface area contributed by atoms with Crippen molar-refractivity contribution in [3.05, 3.63) is 28.2 Å². The fraction of sp³-hybridized carbons (Fsp3) is 0.429. The number of hydrogen-bond donors (Lipinski definition) is 2. The highest BCUT2D eigenvalue weighted by atomic mass is 79.9. The molecule has 2 rings (SSSR count). The van der Waals surface area contributed by atoms with Crippen LogP contribution in [0.3, 0.4) is 0 Å². The van der Waals surface area contributed by atoms with E-state index in [2.05, 4.69) is 21.2 Å². The van der Waals surface area contributed by atoms with Gasteiger partial charge in [0.05, 0.1) is 11.1 Å². The van der Waals surface area contributed by atoms with Crippen LogP contribution in [0, 0.1) is 17.0 Å². The van der Waals surface area contributed by atoms with E-state index in [0.717, 1.165) is 18.9 Å². The Morgan fingerprint density at radius 3 is 2.43 bits per heavy atom. The van der Waals surface area contributed by atoms with Crippen molar-refractivity contribution in [2.24, 2.45) is 5.41 Å². The molecule has 7 heteroatoms. The molecule has 0 aliphatic heterocycles. The van der Waals surface area contributed by atoms with E-state index in [-0.39, 0.29) is 16.6 Å². The molecule has 0 spiro atoms. The van der Waals surface area contributed by atoms with Crippen LogP contribution in [0.4, 0.5) is 14.5 Å². The van der Waals surface area contributed by atoms with E-state index in [9.17, 15) is 23.5 Å². The molecule has 1 aliphatic carbocycles. The Balaban J connectivity index is 2.14. The molecule has 2 N–H and O–H groups in total. The molecule has 0 atom stereocenters.